The topological polar surface area (TPSA) is 99.8 Å². The number of alkyl halides is 3. The summed E-state index contributed by atoms with van der Waals surface area (Å²) in [6, 6.07) is 11.4. The Morgan fingerprint density at radius 3 is 2.38 bits per heavy atom. The minimum atomic E-state index is -4.45. The molecule has 2 amide bonds. The van der Waals surface area contributed by atoms with Gasteiger partial charge in [-0.2, -0.15) is 18.3 Å². The van der Waals surface area contributed by atoms with Crippen LogP contribution in [0, 0.1) is 5.92 Å². The Bertz CT molecular complexity index is 1390. The highest BCUT2D eigenvalue weighted by atomic mass is 19.4. The van der Waals surface area contributed by atoms with Crippen molar-refractivity contribution >= 4 is 34.1 Å². The summed E-state index contributed by atoms with van der Waals surface area (Å²) in [5.41, 5.74) is 2.22. The molecule has 0 spiro atoms. The number of benzene rings is 2. The van der Waals surface area contributed by atoms with Crippen molar-refractivity contribution in [1.82, 2.24) is 15.2 Å². The molecule has 0 saturated heterocycles. The number of H-pyrrole nitrogens is 1. The van der Waals surface area contributed by atoms with Crippen molar-refractivity contribution in [3.8, 4) is 11.1 Å². The molecule has 4 aromatic rings. The summed E-state index contributed by atoms with van der Waals surface area (Å²) in [5, 5.41) is 12.8. The highest BCUT2D eigenvalue weighted by Crippen LogP contribution is 2.32. The first-order chi connectivity index (χ1) is 16.3. The fraction of sp³-hybridized carbons (Fsp3) is 0.167. The van der Waals surface area contributed by atoms with Crippen molar-refractivity contribution in [3.05, 3.63) is 72.2 Å². The lowest BCUT2D eigenvalue weighted by Crippen LogP contribution is -2.13. The standard InChI is InChI=1S/C24H18F3N5O2/c25-24(26,27)16-4-6-17(7-5-16)29-23(34)21-19-10-14(3-8-20(19)31-32-21)15-9-18(12-28-11-15)30-22(33)13-1-2-13/h3-13H,1-2H2,(H,29,34)(H,30,33)(H,31,32). The molecule has 0 atom stereocenters. The smallest absolute Gasteiger partial charge is 0.324 e. The van der Waals surface area contributed by atoms with Gasteiger partial charge in [0.1, 0.15) is 0 Å². The van der Waals surface area contributed by atoms with Gasteiger partial charge in [-0.25, -0.2) is 0 Å². The fourth-order valence-electron chi connectivity index (χ4n) is 3.56. The largest absolute Gasteiger partial charge is 0.416 e. The van der Waals surface area contributed by atoms with E-state index in [0.29, 0.717) is 16.6 Å². The van der Waals surface area contributed by atoms with Crippen LogP contribution < -0.4 is 10.6 Å². The summed E-state index contributed by atoms with van der Waals surface area (Å²) in [5.74, 6) is -0.519. The van der Waals surface area contributed by atoms with Crippen LogP contribution >= 0.6 is 0 Å². The molecule has 1 aliphatic rings. The molecule has 1 fully saturated rings. The summed E-state index contributed by atoms with van der Waals surface area (Å²) in [4.78, 5) is 29.0. The van der Waals surface area contributed by atoms with E-state index >= 15 is 0 Å². The number of carbonyl (C=O) groups is 2. The maximum atomic E-state index is 12.8. The molecular formula is C24H18F3N5O2. The zero-order valence-electron chi connectivity index (χ0n) is 17.6. The molecule has 5 rings (SSSR count). The summed E-state index contributed by atoms with van der Waals surface area (Å²) < 4.78 is 38.3. The molecule has 0 aliphatic heterocycles. The van der Waals surface area contributed by atoms with E-state index in [1.54, 1.807) is 30.6 Å². The molecule has 10 heteroatoms. The van der Waals surface area contributed by atoms with Crippen LogP contribution in [0.5, 0.6) is 0 Å². The molecule has 2 aromatic carbocycles. The van der Waals surface area contributed by atoms with E-state index in [2.05, 4.69) is 25.8 Å². The molecule has 172 valence electrons. The molecule has 2 aromatic heterocycles. The van der Waals surface area contributed by atoms with E-state index in [1.165, 1.54) is 12.1 Å². The predicted molar refractivity (Wildman–Crippen MR) is 120 cm³/mol. The third-order valence-corrected chi connectivity index (χ3v) is 5.54. The molecule has 0 bridgehead atoms. The van der Waals surface area contributed by atoms with Crippen molar-refractivity contribution in [2.75, 3.05) is 10.6 Å². The minimum Gasteiger partial charge on any atom is -0.324 e. The Balaban J connectivity index is 1.39. The Morgan fingerprint density at radius 1 is 0.912 bits per heavy atom. The van der Waals surface area contributed by atoms with Crippen LogP contribution in [0.4, 0.5) is 24.5 Å². The van der Waals surface area contributed by atoms with E-state index < -0.39 is 17.6 Å². The van der Waals surface area contributed by atoms with Gasteiger partial charge in [-0.05, 0) is 60.9 Å². The number of nitrogens with one attached hydrogen (secondary N) is 3. The summed E-state index contributed by atoms with van der Waals surface area (Å²) >= 11 is 0. The van der Waals surface area contributed by atoms with Gasteiger partial charge >= 0.3 is 6.18 Å². The highest BCUT2D eigenvalue weighted by molar-refractivity contribution is 6.11. The molecule has 3 N–H and O–H groups in total. The fourth-order valence-corrected chi connectivity index (χ4v) is 3.56. The van der Waals surface area contributed by atoms with Crippen LogP contribution in [0.2, 0.25) is 0 Å². The molecule has 7 nitrogen and oxygen atoms in total. The zero-order valence-corrected chi connectivity index (χ0v) is 17.6. The second-order valence-corrected chi connectivity index (χ2v) is 8.09. The lowest BCUT2D eigenvalue weighted by molar-refractivity contribution is -0.137. The lowest BCUT2D eigenvalue weighted by Gasteiger charge is -2.09. The van der Waals surface area contributed by atoms with Crippen molar-refractivity contribution < 1.29 is 22.8 Å². The monoisotopic (exact) mass is 465 g/mol. The molecule has 2 heterocycles. The van der Waals surface area contributed by atoms with Gasteiger partial charge in [-0.3, -0.25) is 19.7 Å². The molecule has 0 radical (unpaired) electrons. The zero-order chi connectivity index (χ0) is 23.9. The number of hydrogen-bond donors (Lipinski definition) is 3. The first-order valence-electron chi connectivity index (χ1n) is 10.5. The van der Waals surface area contributed by atoms with E-state index in [0.717, 1.165) is 36.1 Å². The van der Waals surface area contributed by atoms with Crippen molar-refractivity contribution in [2.24, 2.45) is 5.92 Å². The second-order valence-electron chi connectivity index (χ2n) is 8.09. The summed E-state index contributed by atoms with van der Waals surface area (Å²) in [7, 11) is 0. The highest BCUT2D eigenvalue weighted by Gasteiger charge is 2.30. The SMILES string of the molecule is O=C(Nc1ccc(C(F)(F)F)cc1)c1n[nH]c2ccc(-c3cncc(NC(=O)C4CC4)c3)cc12. The quantitative estimate of drug-likeness (QED) is 0.375. The number of aromatic amines is 1. The molecule has 0 unspecified atom stereocenters. The molecule has 1 aliphatic carbocycles. The Kier molecular flexibility index (Phi) is 5.27. The van der Waals surface area contributed by atoms with Crippen LogP contribution in [-0.4, -0.2) is 27.0 Å². The molecule has 1 saturated carbocycles. The molecule has 34 heavy (non-hydrogen) atoms. The predicted octanol–water partition coefficient (Wildman–Crippen LogP) is 5.24. The van der Waals surface area contributed by atoms with Crippen molar-refractivity contribution in [1.29, 1.82) is 0 Å². The summed E-state index contributed by atoms with van der Waals surface area (Å²) in [6.45, 7) is 0. The number of fused-ring (bicyclic) bond motifs is 1. The third-order valence-electron chi connectivity index (χ3n) is 5.54. The molecular weight excluding hydrogens is 447 g/mol. The number of amides is 2. The first-order valence-corrected chi connectivity index (χ1v) is 10.5. The van der Waals surface area contributed by atoms with Crippen LogP contribution in [0.25, 0.3) is 22.0 Å². The average Bonchev–Trinajstić information content (AvgIpc) is 3.58. The van der Waals surface area contributed by atoms with Gasteiger partial charge in [-0.1, -0.05) is 6.07 Å². The minimum absolute atomic E-state index is 0.0218. The van der Waals surface area contributed by atoms with Crippen molar-refractivity contribution in [3.63, 3.8) is 0 Å². The van der Waals surface area contributed by atoms with Crippen LogP contribution in [-0.2, 0) is 11.0 Å². The van der Waals surface area contributed by atoms with Gasteiger partial charge in [0.05, 0.1) is 23.0 Å². The summed E-state index contributed by atoms with van der Waals surface area (Å²) in [6.07, 6.45) is 0.560. The van der Waals surface area contributed by atoms with E-state index in [4.69, 9.17) is 0 Å². The van der Waals surface area contributed by atoms with Crippen LogP contribution in [0.15, 0.2) is 60.9 Å². The number of anilines is 2. The van der Waals surface area contributed by atoms with Gasteiger partial charge in [0.25, 0.3) is 5.91 Å². The number of nitrogens with zero attached hydrogens (tertiary/aromatic N) is 2. The van der Waals surface area contributed by atoms with Crippen molar-refractivity contribution in [2.45, 2.75) is 19.0 Å². The third kappa shape index (κ3) is 4.47. The van der Waals surface area contributed by atoms with E-state index in [-0.39, 0.29) is 23.2 Å². The average molecular weight is 465 g/mol. The first kappa shape index (κ1) is 21.6. The van der Waals surface area contributed by atoms with Gasteiger partial charge < -0.3 is 10.6 Å². The Hall–Kier alpha value is -4.21. The normalized spacial score (nSPS) is 13.6. The van der Waals surface area contributed by atoms with Crippen LogP contribution in [0.1, 0.15) is 28.9 Å². The lowest BCUT2D eigenvalue weighted by atomic mass is 10.0. The Labute approximate surface area is 191 Å². The number of halogens is 3. The maximum absolute atomic E-state index is 12.8. The van der Waals surface area contributed by atoms with Gasteiger partial charge in [-0.15, -0.1) is 0 Å². The maximum Gasteiger partial charge on any atom is 0.416 e. The van der Waals surface area contributed by atoms with E-state index in [9.17, 15) is 22.8 Å². The van der Waals surface area contributed by atoms with Gasteiger partial charge in [0.15, 0.2) is 5.69 Å². The second kappa shape index (κ2) is 8.29. The number of rotatable bonds is 5. The Morgan fingerprint density at radius 2 is 1.68 bits per heavy atom. The van der Waals surface area contributed by atoms with Gasteiger partial charge in [0.2, 0.25) is 5.91 Å². The number of carbonyl (C=O) groups excluding carboxylic acids is 2. The number of aromatic nitrogens is 3. The van der Waals surface area contributed by atoms with Crippen LogP contribution in [0.3, 0.4) is 0 Å². The van der Waals surface area contributed by atoms with Gasteiger partial charge in [0, 0.05) is 28.8 Å². The number of hydrogen-bond acceptors (Lipinski definition) is 4. The van der Waals surface area contributed by atoms with E-state index in [1.807, 2.05) is 6.07 Å². The number of pyridine rings is 1.